The van der Waals surface area contributed by atoms with Crippen LogP contribution in [0.2, 0.25) is 0 Å². The molecule has 0 radical (unpaired) electrons. The minimum atomic E-state index is -0.717. The molecule has 4 saturated heterocycles. The first-order valence-electron chi connectivity index (χ1n) is 29.9. The molecule has 4 fully saturated rings. The van der Waals surface area contributed by atoms with Crippen LogP contribution in [0.5, 0.6) is 0 Å². The van der Waals surface area contributed by atoms with Crippen molar-refractivity contribution in [3.05, 3.63) is 22.8 Å². The van der Waals surface area contributed by atoms with Gasteiger partial charge in [0, 0.05) is 107 Å². The van der Waals surface area contributed by atoms with Crippen LogP contribution in [-0.2, 0) is 66.3 Å². The Bertz CT molecular complexity index is 2240. The highest BCUT2D eigenvalue weighted by molar-refractivity contribution is 6.03. The normalized spacial score (nSPS) is 20.7. The van der Waals surface area contributed by atoms with Crippen molar-refractivity contribution >= 4 is 46.7 Å². The number of hydrogen-bond donors (Lipinski definition) is 6. The summed E-state index contributed by atoms with van der Waals surface area (Å²) in [4.78, 5) is 72.3. The molecule has 2 amide bonds. The van der Waals surface area contributed by atoms with E-state index in [2.05, 4.69) is 51.8 Å². The van der Waals surface area contributed by atoms with E-state index in [0.717, 1.165) is 0 Å². The molecule has 4 aliphatic rings. The van der Waals surface area contributed by atoms with Gasteiger partial charge in [-0.1, -0.05) is 0 Å². The third kappa shape index (κ3) is 25.7. The van der Waals surface area contributed by atoms with Gasteiger partial charge in [0.2, 0.25) is 0 Å². The number of Topliss-reactive ketones (excluding diaryl/α,β-unsaturated/α-hetero) is 2. The number of aromatic nitrogens is 4. The van der Waals surface area contributed by atoms with Crippen LogP contribution in [0.15, 0.2) is 0 Å². The monoisotopic (exact) mass is 1220 g/mol. The Kier molecular flexibility index (Phi) is 30.5. The van der Waals surface area contributed by atoms with E-state index in [4.69, 9.17) is 66.3 Å². The number of nitrogens with one attached hydrogen (secondary N) is 6. The van der Waals surface area contributed by atoms with Gasteiger partial charge in [0.25, 0.3) is 11.8 Å². The summed E-state index contributed by atoms with van der Waals surface area (Å²) in [6.07, 6.45) is 2.94. The standard InChI is InChI=1S/C31H53N5O10.C27H45N5O8/c1-30(2)43-20-22(45-30)9-10-24(37)25-27(32-11-7-13-41-17-15-39-5)36-26(28(35-25)33-12-8-14-42-18-16-40-6)29(38)34-19-23-21-44-31(3,4)46-23;1-26(2)37-16-18(39-26)9-10-20(33)21-23(28-11-7-13-35-5)32-22(24(31-21)29-12-8-14-36-6)25(34)30-15-19-17-38-27(3,4)40-19/h22-23H,7-21H2,1-6H3,(H,32,36)(H,33,35)(H,34,38);18-19H,7-17H2,1-6H3,(H,28,32)(H,29,31)(H,30,34). The van der Waals surface area contributed by atoms with Crippen molar-refractivity contribution in [1.82, 2.24) is 30.6 Å². The van der Waals surface area contributed by atoms with Gasteiger partial charge in [0.15, 0.2) is 80.8 Å². The minimum Gasteiger partial charge on any atom is -0.385 e. The summed E-state index contributed by atoms with van der Waals surface area (Å²) < 4.78 is 77.3. The summed E-state index contributed by atoms with van der Waals surface area (Å²) in [6, 6.07) is 0. The molecule has 28 heteroatoms. The first-order chi connectivity index (χ1) is 41.1. The maximum atomic E-state index is 13.6. The molecule has 0 saturated carbocycles. The highest BCUT2D eigenvalue weighted by atomic mass is 16.8. The van der Waals surface area contributed by atoms with Gasteiger partial charge in [-0.2, -0.15) is 0 Å². The van der Waals surface area contributed by atoms with Crippen LogP contribution < -0.4 is 31.9 Å². The number of anilines is 4. The molecule has 6 rings (SSSR count). The van der Waals surface area contributed by atoms with Gasteiger partial charge >= 0.3 is 0 Å². The number of nitrogens with zero attached hydrogens (tertiary/aromatic N) is 4. The van der Waals surface area contributed by atoms with Gasteiger partial charge in [0.1, 0.15) is 12.2 Å². The van der Waals surface area contributed by atoms with E-state index >= 15 is 0 Å². The SMILES string of the molecule is COCCCNc1nc(C(=O)NCC2COC(C)(C)O2)c(NCCCOC)nc1C(=O)CCC1COC(C)(C)O1.COCCOCCCNc1nc(C(=O)NCC2COC(C)(C)O2)c(NCCCOCCOC)nc1C(=O)CCC1COC(C)(C)O1. The average Bonchev–Trinajstić information content (AvgIpc) is 1.99. The quantitative estimate of drug-likeness (QED) is 0.0386. The van der Waals surface area contributed by atoms with E-state index in [-0.39, 0.29) is 108 Å². The lowest BCUT2D eigenvalue weighted by Crippen LogP contribution is -2.35. The Morgan fingerprint density at radius 1 is 0.407 bits per heavy atom. The number of methoxy groups -OCH3 is 4. The van der Waals surface area contributed by atoms with Gasteiger partial charge in [0.05, 0.1) is 65.1 Å². The van der Waals surface area contributed by atoms with Crippen molar-refractivity contribution in [2.24, 2.45) is 0 Å². The number of amides is 2. The van der Waals surface area contributed by atoms with Gasteiger partial charge in [-0.05, 0) is 93.9 Å². The zero-order chi connectivity index (χ0) is 62.6. The number of ether oxygens (including phenoxy) is 14. The van der Waals surface area contributed by atoms with E-state index in [1.165, 1.54) is 0 Å². The van der Waals surface area contributed by atoms with Crippen molar-refractivity contribution in [3.63, 3.8) is 0 Å². The number of hydrogen-bond acceptors (Lipinski definition) is 26. The Morgan fingerprint density at radius 3 is 1.00 bits per heavy atom. The van der Waals surface area contributed by atoms with Crippen molar-refractivity contribution in [2.75, 3.05) is 168 Å². The molecule has 86 heavy (non-hydrogen) atoms. The predicted molar refractivity (Wildman–Crippen MR) is 317 cm³/mol. The first kappa shape index (κ1) is 71.8. The van der Waals surface area contributed by atoms with E-state index in [1.807, 2.05) is 55.4 Å². The zero-order valence-corrected chi connectivity index (χ0v) is 52.8. The summed E-state index contributed by atoms with van der Waals surface area (Å²) in [5.74, 6) is -3.18. The minimum absolute atomic E-state index is 0.0585. The third-order valence-electron chi connectivity index (χ3n) is 13.4. The molecular weight excluding hydrogens is 1120 g/mol. The van der Waals surface area contributed by atoms with E-state index in [9.17, 15) is 19.2 Å². The van der Waals surface area contributed by atoms with E-state index in [0.29, 0.717) is 144 Å². The molecule has 488 valence electrons. The summed E-state index contributed by atoms with van der Waals surface area (Å²) in [6.45, 7) is 22.6. The number of rotatable bonds is 40. The zero-order valence-electron chi connectivity index (χ0n) is 52.8. The van der Waals surface area contributed by atoms with Crippen molar-refractivity contribution < 1.29 is 85.5 Å². The maximum absolute atomic E-state index is 13.6. The van der Waals surface area contributed by atoms with Gasteiger partial charge < -0.3 is 98.2 Å². The van der Waals surface area contributed by atoms with Crippen LogP contribution in [0.3, 0.4) is 0 Å². The molecule has 0 aliphatic carbocycles. The van der Waals surface area contributed by atoms with Gasteiger partial charge in [-0.3, -0.25) is 19.2 Å². The van der Waals surface area contributed by atoms with E-state index < -0.39 is 35.0 Å². The highest BCUT2D eigenvalue weighted by Gasteiger charge is 2.37. The fourth-order valence-electron chi connectivity index (χ4n) is 9.11. The maximum Gasteiger partial charge on any atom is 0.273 e. The lowest BCUT2D eigenvalue weighted by atomic mass is 10.1. The first-order valence-corrected chi connectivity index (χ1v) is 29.9. The third-order valence-corrected chi connectivity index (χ3v) is 13.4. The highest BCUT2D eigenvalue weighted by Crippen LogP contribution is 2.30. The largest absolute Gasteiger partial charge is 0.385 e. The lowest BCUT2D eigenvalue weighted by Gasteiger charge is -2.19. The summed E-state index contributed by atoms with van der Waals surface area (Å²) in [7, 11) is 6.48. The lowest BCUT2D eigenvalue weighted by molar-refractivity contribution is -0.139. The molecule has 4 unspecified atom stereocenters. The number of ketones is 2. The predicted octanol–water partition coefficient (Wildman–Crippen LogP) is 4.77. The Labute approximate surface area is 506 Å². The summed E-state index contributed by atoms with van der Waals surface area (Å²) >= 11 is 0. The molecule has 4 aliphatic heterocycles. The summed E-state index contributed by atoms with van der Waals surface area (Å²) in [5, 5.41) is 18.5. The fourth-order valence-corrected chi connectivity index (χ4v) is 9.11. The molecule has 0 spiro atoms. The van der Waals surface area contributed by atoms with Crippen molar-refractivity contribution in [1.29, 1.82) is 0 Å². The van der Waals surface area contributed by atoms with Gasteiger partial charge in [-0.25, -0.2) is 19.9 Å². The second kappa shape index (κ2) is 36.5. The smallest absolute Gasteiger partial charge is 0.273 e. The van der Waals surface area contributed by atoms with Crippen LogP contribution in [0.25, 0.3) is 0 Å². The molecule has 4 atom stereocenters. The second-order valence-electron chi connectivity index (χ2n) is 22.7. The number of carbonyl (C=O) groups excluding carboxylic acids is 4. The Morgan fingerprint density at radius 2 is 0.698 bits per heavy atom. The summed E-state index contributed by atoms with van der Waals surface area (Å²) in [5.41, 5.74) is 0.442. The molecule has 2 aromatic heterocycles. The van der Waals surface area contributed by atoms with Crippen LogP contribution >= 0.6 is 0 Å². The van der Waals surface area contributed by atoms with Gasteiger partial charge in [-0.15, -0.1) is 0 Å². The molecule has 28 nitrogen and oxygen atoms in total. The van der Waals surface area contributed by atoms with Crippen LogP contribution in [0.4, 0.5) is 23.3 Å². The topological polar surface area (TPSA) is 321 Å². The molecule has 2 aromatic rings. The van der Waals surface area contributed by atoms with Crippen LogP contribution in [0.1, 0.15) is 149 Å². The Hall–Kier alpha value is -4.92. The molecule has 0 bridgehead atoms. The molecule has 6 N–H and O–H groups in total. The number of carbonyl (C=O) groups is 4. The van der Waals surface area contributed by atoms with Crippen molar-refractivity contribution in [3.8, 4) is 0 Å². The second-order valence-corrected chi connectivity index (χ2v) is 22.7. The van der Waals surface area contributed by atoms with Crippen LogP contribution in [0, 0.1) is 0 Å². The molecule has 6 heterocycles. The molecule has 0 aromatic carbocycles. The van der Waals surface area contributed by atoms with Crippen LogP contribution in [-0.4, -0.2) is 238 Å². The average molecular weight is 1220 g/mol. The van der Waals surface area contributed by atoms with Crippen molar-refractivity contribution in [2.45, 2.75) is 154 Å². The molecular formula is C58H98N10O18. The van der Waals surface area contributed by atoms with E-state index in [1.54, 1.807) is 28.4 Å². The fraction of sp³-hybridized carbons (Fsp3) is 0.793. The Balaban J connectivity index is 0.000000317.